The molecule has 2 aromatic heterocycles. The Hall–Kier alpha value is -9.76. The molecule has 0 aliphatic heterocycles. The van der Waals surface area contributed by atoms with Crippen molar-refractivity contribution in [2.24, 2.45) is 0 Å². The van der Waals surface area contributed by atoms with Gasteiger partial charge in [-0.2, -0.15) is 0 Å². The van der Waals surface area contributed by atoms with Gasteiger partial charge in [-0.25, -0.2) is 0 Å². The van der Waals surface area contributed by atoms with E-state index in [0.717, 1.165) is 0 Å². The fraction of sp³-hybridized carbons (Fsp3) is 0.0649. The molecule has 0 N–H and O–H groups in total. The molecule has 2 aliphatic rings. The van der Waals surface area contributed by atoms with Gasteiger partial charge in [0.2, 0.25) is 0 Å². The molecule has 1 saturated carbocycles. The molecular formula is C77H54N2. The molecule has 0 atom stereocenters. The van der Waals surface area contributed by atoms with Crippen LogP contribution in [0.2, 0.25) is 0 Å². The molecule has 16 rings (SSSR count). The van der Waals surface area contributed by atoms with Crippen molar-refractivity contribution < 1.29 is 0 Å². The van der Waals surface area contributed by atoms with Crippen molar-refractivity contribution in [1.29, 1.82) is 0 Å². The van der Waals surface area contributed by atoms with E-state index in [1.54, 1.807) is 0 Å². The molecule has 2 nitrogen and oxygen atoms in total. The number of aromatic nitrogens is 2. The summed E-state index contributed by atoms with van der Waals surface area (Å²) in [5.41, 5.74) is 22.9. The largest absolute Gasteiger partial charge is 0.309 e. The number of hydrogen-bond acceptors (Lipinski definition) is 0. The molecule has 2 heterocycles. The van der Waals surface area contributed by atoms with E-state index in [1.165, 1.54) is 169 Å². The van der Waals surface area contributed by atoms with E-state index in [9.17, 15) is 0 Å². The van der Waals surface area contributed by atoms with E-state index in [0.29, 0.717) is 0 Å². The molecule has 79 heavy (non-hydrogen) atoms. The molecule has 1 spiro atoms. The number of hydrogen-bond donors (Lipinski definition) is 0. The Kier molecular flexibility index (Phi) is 10.5. The Morgan fingerprint density at radius 3 is 1.13 bits per heavy atom. The van der Waals surface area contributed by atoms with Gasteiger partial charge in [-0.3, -0.25) is 0 Å². The lowest BCUT2D eigenvalue weighted by Crippen LogP contribution is -2.20. The van der Waals surface area contributed by atoms with Crippen molar-refractivity contribution in [1.82, 2.24) is 9.13 Å². The normalized spacial score (nSPS) is 13.9. The van der Waals surface area contributed by atoms with Gasteiger partial charge in [0, 0.05) is 38.3 Å². The highest BCUT2D eigenvalue weighted by atomic mass is 15.0. The second-order valence-electron chi connectivity index (χ2n) is 22.0. The molecule has 2 heteroatoms. The summed E-state index contributed by atoms with van der Waals surface area (Å²) in [6.07, 6.45) is 14.1. The highest BCUT2D eigenvalue weighted by Crippen LogP contribution is 2.57. The third-order valence-electron chi connectivity index (χ3n) is 17.6. The summed E-state index contributed by atoms with van der Waals surface area (Å²) in [5.74, 6) is 0. The SMILES string of the molecule is C(=C\c1ccc2c(c1)C1(CCCC1)c1cc(/C=C/c3ccc(-c4ccc5c(c4)c4ccccc4n5-c4ccc5ccccc5c4)cc3)ccc1-2)/c1ccc(-c2ccc3c(c2)c2ccccc2n3-c2ccc3ccccc3c2)cc1. The fourth-order valence-corrected chi connectivity index (χ4v) is 13.7. The van der Waals surface area contributed by atoms with Gasteiger partial charge in [-0.1, -0.05) is 231 Å². The number of fused-ring (bicyclic) bond motifs is 13. The maximum atomic E-state index is 2.49. The van der Waals surface area contributed by atoms with Crippen LogP contribution in [-0.4, -0.2) is 9.13 Å². The van der Waals surface area contributed by atoms with E-state index >= 15 is 0 Å². The summed E-state index contributed by atoms with van der Waals surface area (Å²) in [7, 11) is 0. The van der Waals surface area contributed by atoms with Gasteiger partial charge in [0.1, 0.15) is 0 Å². The summed E-state index contributed by atoms with van der Waals surface area (Å²) in [5, 5.41) is 10.1. The standard InChI is InChI=1S/C77H54N2/c1-3-13-59-47-63(37-33-55(59)11-1)78-73-17-7-5-15-67(73)69-49-61(35-41-75(69)78)57-29-23-51(24-30-57)19-21-53-27-39-65-66-40-28-54(46-72(66)77(71(65)45-53)43-9-10-44-77)22-20-52-25-31-58(32-26-52)62-36-42-76-70(50-62)68-16-6-8-18-74(68)79(76)64-38-34-56-12-2-4-14-60(56)48-64/h1-8,11-42,45-50H,9-10,43-44H2/b21-19+,22-20+. The van der Waals surface area contributed by atoms with Crippen molar-refractivity contribution >= 4 is 89.5 Å². The predicted molar refractivity (Wildman–Crippen MR) is 336 cm³/mol. The smallest absolute Gasteiger partial charge is 0.0541 e. The van der Waals surface area contributed by atoms with Crippen LogP contribution in [0.5, 0.6) is 0 Å². The fourth-order valence-electron chi connectivity index (χ4n) is 13.7. The van der Waals surface area contributed by atoms with Crippen LogP contribution in [0.25, 0.3) is 134 Å². The lowest BCUT2D eigenvalue weighted by Gasteiger charge is -2.27. The lowest BCUT2D eigenvalue weighted by molar-refractivity contribution is 0.550. The molecule has 2 aliphatic carbocycles. The topological polar surface area (TPSA) is 9.86 Å². The summed E-state index contributed by atoms with van der Waals surface area (Å²) in [6.45, 7) is 0. The minimum absolute atomic E-state index is 0.0629. The zero-order valence-corrected chi connectivity index (χ0v) is 43.8. The van der Waals surface area contributed by atoms with Crippen molar-refractivity contribution in [2.45, 2.75) is 31.1 Å². The quantitative estimate of drug-likeness (QED) is 0.134. The van der Waals surface area contributed by atoms with Crippen LogP contribution in [0.4, 0.5) is 0 Å². The minimum atomic E-state index is 0.0629. The maximum absolute atomic E-state index is 2.49. The molecular weight excluding hydrogens is 953 g/mol. The molecule has 0 saturated heterocycles. The van der Waals surface area contributed by atoms with Gasteiger partial charge in [0.15, 0.2) is 0 Å². The van der Waals surface area contributed by atoms with E-state index < -0.39 is 0 Å². The Morgan fingerprint density at radius 2 is 0.658 bits per heavy atom. The average Bonchev–Trinajstić information content (AvgIpc) is 4.48. The molecule has 14 aromatic rings. The van der Waals surface area contributed by atoms with Crippen LogP contribution in [0.1, 0.15) is 59.1 Å². The third-order valence-corrected chi connectivity index (χ3v) is 17.6. The van der Waals surface area contributed by atoms with Crippen LogP contribution in [0.15, 0.2) is 255 Å². The Bertz CT molecular complexity index is 4520. The lowest BCUT2D eigenvalue weighted by atomic mass is 9.76. The van der Waals surface area contributed by atoms with E-state index in [4.69, 9.17) is 0 Å². The van der Waals surface area contributed by atoms with Crippen molar-refractivity contribution in [3.8, 4) is 44.8 Å². The third kappa shape index (κ3) is 7.54. The van der Waals surface area contributed by atoms with Crippen molar-refractivity contribution in [2.75, 3.05) is 0 Å². The predicted octanol–water partition coefficient (Wildman–Crippen LogP) is 20.7. The number of benzene rings is 12. The van der Waals surface area contributed by atoms with Crippen LogP contribution >= 0.6 is 0 Å². The Balaban J connectivity index is 0.636. The van der Waals surface area contributed by atoms with E-state index in [2.05, 4.69) is 288 Å². The second kappa shape index (κ2) is 18.2. The molecule has 12 aromatic carbocycles. The van der Waals surface area contributed by atoms with Gasteiger partial charge in [0.05, 0.1) is 22.1 Å². The molecule has 0 bridgehead atoms. The van der Waals surface area contributed by atoms with Gasteiger partial charge in [0.25, 0.3) is 0 Å². The number of nitrogens with zero attached hydrogens (tertiary/aromatic N) is 2. The minimum Gasteiger partial charge on any atom is -0.309 e. The first-order valence-corrected chi connectivity index (χ1v) is 28.0. The van der Waals surface area contributed by atoms with Crippen LogP contribution < -0.4 is 0 Å². The first-order valence-electron chi connectivity index (χ1n) is 28.0. The molecule has 0 unspecified atom stereocenters. The van der Waals surface area contributed by atoms with Gasteiger partial charge in [-0.05, 0) is 162 Å². The summed E-state index contributed by atoms with van der Waals surface area (Å²) >= 11 is 0. The molecule has 0 amide bonds. The van der Waals surface area contributed by atoms with E-state index in [-0.39, 0.29) is 5.41 Å². The summed E-state index contributed by atoms with van der Waals surface area (Å²) < 4.78 is 4.82. The monoisotopic (exact) mass is 1010 g/mol. The first-order chi connectivity index (χ1) is 39.1. The van der Waals surface area contributed by atoms with Crippen LogP contribution in [-0.2, 0) is 5.41 Å². The highest BCUT2D eigenvalue weighted by Gasteiger charge is 2.45. The highest BCUT2D eigenvalue weighted by molar-refractivity contribution is 6.12. The molecule has 372 valence electrons. The van der Waals surface area contributed by atoms with Gasteiger partial charge in [-0.15, -0.1) is 0 Å². The summed E-state index contributed by atoms with van der Waals surface area (Å²) in [6, 6.07) is 94.7. The number of para-hydroxylation sites is 2. The zero-order valence-electron chi connectivity index (χ0n) is 43.8. The van der Waals surface area contributed by atoms with Gasteiger partial charge < -0.3 is 9.13 Å². The molecule has 0 radical (unpaired) electrons. The van der Waals surface area contributed by atoms with Crippen LogP contribution in [0.3, 0.4) is 0 Å². The Morgan fingerprint density at radius 1 is 0.278 bits per heavy atom. The van der Waals surface area contributed by atoms with Crippen LogP contribution in [0, 0.1) is 0 Å². The molecule has 1 fully saturated rings. The first kappa shape index (κ1) is 45.4. The zero-order chi connectivity index (χ0) is 52.0. The van der Waals surface area contributed by atoms with E-state index in [1.807, 2.05) is 0 Å². The summed E-state index contributed by atoms with van der Waals surface area (Å²) in [4.78, 5) is 0. The maximum Gasteiger partial charge on any atom is 0.0541 e. The van der Waals surface area contributed by atoms with Crippen molar-refractivity contribution in [3.63, 3.8) is 0 Å². The van der Waals surface area contributed by atoms with Crippen molar-refractivity contribution in [3.05, 3.63) is 288 Å². The Labute approximate surface area is 460 Å². The van der Waals surface area contributed by atoms with Gasteiger partial charge >= 0.3 is 0 Å². The second-order valence-corrected chi connectivity index (χ2v) is 22.0. The number of rotatable bonds is 8. The average molecular weight is 1010 g/mol.